The van der Waals surface area contributed by atoms with E-state index >= 15 is 0 Å². The quantitative estimate of drug-likeness (QED) is 0.671. The first-order valence-electron chi connectivity index (χ1n) is 5.83. The van der Waals surface area contributed by atoms with E-state index in [9.17, 15) is 5.11 Å². The Bertz CT molecular complexity index is 205. The Kier molecular flexibility index (Phi) is 3.77. The van der Waals surface area contributed by atoms with Crippen LogP contribution in [0.3, 0.4) is 0 Å². The fourth-order valence-corrected chi connectivity index (χ4v) is 2.62. The van der Waals surface area contributed by atoms with Crippen LogP contribution in [0.4, 0.5) is 0 Å². The van der Waals surface area contributed by atoms with Gasteiger partial charge in [-0.3, -0.25) is 0 Å². The van der Waals surface area contributed by atoms with Crippen LogP contribution in [0.5, 0.6) is 0 Å². The Balaban J connectivity index is 2.77. The fourth-order valence-electron chi connectivity index (χ4n) is 2.62. The number of rotatable bonds is 2. The summed E-state index contributed by atoms with van der Waals surface area (Å²) in [5, 5.41) is 9.85. The molecule has 1 rings (SSSR count). The van der Waals surface area contributed by atoms with Gasteiger partial charge < -0.3 is 5.11 Å². The Morgan fingerprint density at radius 2 is 2.07 bits per heavy atom. The van der Waals surface area contributed by atoms with E-state index in [-0.39, 0.29) is 6.10 Å². The third-order valence-corrected chi connectivity index (χ3v) is 3.74. The first-order chi connectivity index (χ1) is 6.49. The fraction of sp³-hybridized carbons (Fsp3) is 0.846. The summed E-state index contributed by atoms with van der Waals surface area (Å²) < 4.78 is 0. The molecule has 1 N–H and O–H groups in total. The molecule has 3 atom stereocenters. The van der Waals surface area contributed by atoms with Gasteiger partial charge in [0.1, 0.15) is 0 Å². The molecule has 0 saturated heterocycles. The molecule has 1 heteroatoms. The summed E-state index contributed by atoms with van der Waals surface area (Å²) in [6.07, 6.45) is 7.64. The van der Waals surface area contributed by atoms with Gasteiger partial charge in [-0.25, -0.2) is 0 Å². The van der Waals surface area contributed by atoms with Crippen molar-refractivity contribution in [3.63, 3.8) is 0 Å². The smallest absolute Gasteiger partial charge is 0.0571 e. The van der Waals surface area contributed by atoms with Crippen molar-refractivity contribution in [2.24, 2.45) is 17.3 Å². The van der Waals surface area contributed by atoms with Crippen molar-refractivity contribution in [3.8, 4) is 0 Å². The van der Waals surface area contributed by atoms with Gasteiger partial charge in [0, 0.05) is 0 Å². The molecule has 0 amide bonds. The highest BCUT2D eigenvalue weighted by molar-refractivity contribution is 5.01. The second-order valence-corrected chi connectivity index (χ2v) is 5.32. The molecule has 1 aliphatic rings. The second-order valence-electron chi connectivity index (χ2n) is 5.32. The maximum absolute atomic E-state index is 9.85. The van der Waals surface area contributed by atoms with Crippen LogP contribution in [-0.2, 0) is 0 Å². The molecule has 0 aromatic carbocycles. The van der Waals surface area contributed by atoms with Crippen LogP contribution in [0.2, 0.25) is 0 Å². The lowest BCUT2D eigenvalue weighted by Crippen LogP contribution is -2.40. The molecule has 0 heterocycles. The lowest BCUT2D eigenvalue weighted by Gasteiger charge is -2.44. The van der Waals surface area contributed by atoms with E-state index in [1.54, 1.807) is 0 Å². The molecule has 1 aliphatic carbocycles. The highest BCUT2D eigenvalue weighted by Gasteiger charge is 2.39. The van der Waals surface area contributed by atoms with Crippen molar-refractivity contribution >= 4 is 0 Å². The van der Waals surface area contributed by atoms with Crippen LogP contribution in [0, 0.1) is 17.3 Å². The SMILES string of the molecule is CCC=CC1C(C)C(O)CCC1(C)C. The molecule has 1 saturated carbocycles. The molecule has 0 aromatic heterocycles. The minimum Gasteiger partial charge on any atom is -0.393 e. The highest BCUT2D eigenvalue weighted by atomic mass is 16.3. The average molecular weight is 196 g/mol. The molecule has 3 unspecified atom stereocenters. The largest absolute Gasteiger partial charge is 0.393 e. The molecule has 0 spiro atoms. The van der Waals surface area contributed by atoms with Crippen LogP contribution in [0.25, 0.3) is 0 Å². The molecule has 0 radical (unpaired) electrons. The molecule has 0 aromatic rings. The Morgan fingerprint density at radius 3 is 2.64 bits per heavy atom. The van der Waals surface area contributed by atoms with E-state index in [0.717, 1.165) is 19.3 Å². The van der Waals surface area contributed by atoms with E-state index < -0.39 is 0 Å². The third-order valence-electron chi connectivity index (χ3n) is 3.74. The van der Waals surface area contributed by atoms with E-state index in [1.165, 1.54) is 0 Å². The van der Waals surface area contributed by atoms with Crippen LogP contribution >= 0.6 is 0 Å². The summed E-state index contributed by atoms with van der Waals surface area (Å²) in [5.74, 6) is 0.938. The topological polar surface area (TPSA) is 20.2 Å². The molecule has 14 heavy (non-hydrogen) atoms. The highest BCUT2D eigenvalue weighted by Crippen LogP contribution is 2.44. The summed E-state index contributed by atoms with van der Waals surface area (Å²) in [5.41, 5.74) is 0.352. The maximum Gasteiger partial charge on any atom is 0.0571 e. The summed E-state index contributed by atoms with van der Waals surface area (Å²) in [6.45, 7) is 8.98. The van der Waals surface area contributed by atoms with Crippen LogP contribution < -0.4 is 0 Å². The summed E-state index contributed by atoms with van der Waals surface area (Å²) in [7, 11) is 0. The lowest BCUT2D eigenvalue weighted by molar-refractivity contribution is -0.00438. The van der Waals surface area contributed by atoms with E-state index in [4.69, 9.17) is 0 Å². The second kappa shape index (κ2) is 4.48. The molecule has 1 fully saturated rings. The minimum atomic E-state index is -0.102. The van der Waals surface area contributed by atoms with Gasteiger partial charge in [0.25, 0.3) is 0 Å². The first kappa shape index (κ1) is 11.8. The number of aliphatic hydroxyl groups excluding tert-OH is 1. The number of hydrogen-bond acceptors (Lipinski definition) is 1. The van der Waals surface area contributed by atoms with Crippen LogP contribution in [0.15, 0.2) is 12.2 Å². The Labute approximate surface area is 88.2 Å². The van der Waals surface area contributed by atoms with Gasteiger partial charge in [0.15, 0.2) is 0 Å². The van der Waals surface area contributed by atoms with Crippen molar-refractivity contribution in [2.45, 2.75) is 53.1 Å². The lowest BCUT2D eigenvalue weighted by atomic mass is 9.63. The van der Waals surface area contributed by atoms with E-state index in [0.29, 0.717) is 17.3 Å². The van der Waals surface area contributed by atoms with Crippen molar-refractivity contribution in [3.05, 3.63) is 12.2 Å². The average Bonchev–Trinajstić information content (AvgIpc) is 2.12. The Hall–Kier alpha value is -0.300. The zero-order valence-electron chi connectivity index (χ0n) is 9.96. The molecular formula is C13H24O. The summed E-state index contributed by atoms with van der Waals surface area (Å²) in [4.78, 5) is 0. The Morgan fingerprint density at radius 1 is 1.43 bits per heavy atom. The van der Waals surface area contributed by atoms with Crippen molar-refractivity contribution in [1.82, 2.24) is 0 Å². The number of allylic oxidation sites excluding steroid dienone is 2. The molecule has 0 aliphatic heterocycles. The van der Waals surface area contributed by atoms with Gasteiger partial charge in [-0.15, -0.1) is 0 Å². The van der Waals surface area contributed by atoms with Crippen molar-refractivity contribution < 1.29 is 5.11 Å². The summed E-state index contributed by atoms with van der Waals surface area (Å²) in [6, 6.07) is 0. The minimum absolute atomic E-state index is 0.102. The van der Waals surface area contributed by atoms with Gasteiger partial charge >= 0.3 is 0 Å². The zero-order chi connectivity index (χ0) is 10.8. The van der Waals surface area contributed by atoms with Crippen molar-refractivity contribution in [2.75, 3.05) is 0 Å². The third kappa shape index (κ3) is 2.38. The maximum atomic E-state index is 9.85. The van der Waals surface area contributed by atoms with E-state index in [1.807, 2.05) is 0 Å². The molecule has 82 valence electrons. The van der Waals surface area contributed by atoms with Crippen LogP contribution in [-0.4, -0.2) is 11.2 Å². The number of aliphatic hydroxyl groups is 1. The van der Waals surface area contributed by atoms with Gasteiger partial charge in [-0.2, -0.15) is 0 Å². The van der Waals surface area contributed by atoms with Gasteiger partial charge in [-0.1, -0.05) is 39.8 Å². The number of hydrogen-bond donors (Lipinski definition) is 1. The molecule has 0 bridgehead atoms. The van der Waals surface area contributed by atoms with Gasteiger partial charge in [0.05, 0.1) is 6.10 Å². The van der Waals surface area contributed by atoms with Crippen molar-refractivity contribution in [1.29, 1.82) is 0 Å². The predicted molar refractivity (Wildman–Crippen MR) is 61.1 cm³/mol. The monoisotopic (exact) mass is 196 g/mol. The zero-order valence-corrected chi connectivity index (χ0v) is 9.96. The predicted octanol–water partition coefficient (Wildman–Crippen LogP) is 3.39. The van der Waals surface area contributed by atoms with Gasteiger partial charge in [0.2, 0.25) is 0 Å². The van der Waals surface area contributed by atoms with Gasteiger partial charge in [-0.05, 0) is 36.5 Å². The normalized spacial score (nSPS) is 37.6. The summed E-state index contributed by atoms with van der Waals surface area (Å²) >= 11 is 0. The standard InChI is InChI=1S/C13H24O/c1-5-6-7-11-10(2)12(14)8-9-13(11,3)4/h6-7,10-12,14H,5,8-9H2,1-4H3. The molecular weight excluding hydrogens is 172 g/mol. The first-order valence-corrected chi connectivity index (χ1v) is 5.83. The van der Waals surface area contributed by atoms with Crippen LogP contribution in [0.1, 0.15) is 47.0 Å². The molecule has 1 nitrogen and oxygen atoms in total. The van der Waals surface area contributed by atoms with E-state index in [2.05, 4.69) is 39.8 Å².